The van der Waals surface area contributed by atoms with Gasteiger partial charge in [0, 0.05) is 12.1 Å². The van der Waals surface area contributed by atoms with Crippen LogP contribution in [-0.2, 0) is 4.84 Å². The zero-order valence-electron chi connectivity index (χ0n) is 15.3. The minimum absolute atomic E-state index is 0.559. The van der Waals surface area contributed by atoms with Gasteiger partial charge in [0.1, 0.15) is 12.3 Å². The second-order valence-electron chi connectivity index (χ2n) is 5.35. The lowest BCUT2D eigenvalue weighted by atomic mass is 10.1. The molecule has 0 amide bonds. The smallest absolute Gasteiger partial charge is 0.161 e. The fourth-order valence-corrected chi connectivity index (χ4v) is 3.18. The van der Waals surface area contributed by atoms with Crippen LogP contribution in [0.15, 0.2) is 40.9 Å². The highest BCUT2D eigenvalue weighted by molar-refractivity contribution is 7.12. The van der Waals surface area contributed by atoms with Gasteiger partial charge in [0.2, 0.25) is 0 Å². The highest BCUT2D eigenvalue weighted by Crippen LogP contribution is 2.29. The Labute approximate surface area is 153 Å². The van der Waals surface area contributed by atoms with Gasteiger partial charge in [0.05, 0.1) is 19.1 Å². The van der Waals surface area contributed by atoms with E-state index >= 15 is 0 Å². The molecule has 1 heterocycles. The van der Waals surface area contributed by atoms with Crippen LogP contribution in [0.5, 0.6) is 11.5 Å². The summed E-state index contributed by atoms with van der Waals surface area (Å²) < 4.78 is 10.7. The Kier molecular flexibility index (Phi) is 7.76. The molecule has 0 fully saturated rings. The van der Waals surface area contributed by atoms with E-state index in [9.17, 15) is 0 Å². The summed E-state index contributed by atoms with van der Waals surface area (Å²) in [5, 5.41) is 6.44. The topological polar surface area (TPSA) is 43.3 Å². The van der Waals surface area contributed by atoms with Crippen LogP contribution >= 0.6 is 11.3 Å². The van der Waals surface area contributed by atoms with Crippen LogP contribution < -0.4 is 9.47 Å². The van der Waals surface area contributed by atoms with Crippen LogP contribution in [0.25, 0.3) is 0 Å². The van der Waals surface area contributed by atoms with Crippen LogP contribution in [0.2, 0.25) is 0 Å². The SMILES string of the molecule is CCN(CC)CCON=C(c1ccc(OC)c(OC)c1)c1cccs1. The fraction of sp³-hybridized carbons (Fsp3) is 0.421. The van der Waals surface area contributed by atoms with Gasteiger partial charge in [-0.2, -0.15) is 0 Å². The molecule has 0 N–H and O–H groups in total. The van der Waals surface area contributed by atoms with Gasteiger partial charge in [-0.1, -0.05) is 25.1 Å². The van der Waals surface area contributed by atoms with Crippen molar-refractivity contribution >= 4 is 17.0 Å². The van der Waals surface area contributed by atoms with Crippen LogP contribution in [-0.4, -0.2) is 51.1 Å². The summed E-state index contributed by atoms with van der Waals surface area (Å²) in [6.45, 7) is 7.74. The number of hydrogen-bond donors (Lipinski definition) is 0. The zero-order chi connectivity index (χ0) is 18.1. The Morgan fingerprint density at radius 3 is 2.44 bits per heavy atom. The molecule has 2 aromatic rings. The van der Waals surface area contributed by atoms with Crippen molar-refractivity contribution in [1.29, 1.82) is 0 Å². The van der Waals surface area contributed by atoms with Crippen LogP contribution in [0, 0.1) is 0 Å². The summed E-state index contributed by atoms with van der Waals surface area (Å²) in [6.07, 6.45) is 0. The van der Waals surface area contributed by atoms with E-state index < -0.39 is 0 Å². The molecule has 0 aliphatic heterocycles. The molecule has 0 atom stereocenters. The molecule has 0 aliphatic carbocycles. The summed E-state index contributed by atoms with van der Waals surface area (Å²) in [4.78, 5) is 8.97. The van der Waals surface area contributed by atoms with E-state index in [0.717, 1.165) is 35.8 Å². The monoisotopic (exact) mass is 362 g/mol. The lowest BCUT2D eigenvalue weighted by molar-refractivity contribution is 0.114. The summed E-state index contributed by atoms with van der Waals surface area (Å²) >= 11 is 1.63. The molecule has 1 aromatic carbocycles. The number of oxime groups is 1. The van der Waals surface area contributed by atoms with Gasteiger partial charge < -0.3 is 19.2 Å². The van der Waals surface area contributed by atoms with Crippen LogP contribution in [0.4, 0.5) is 0 Å². The van der Waals surface area contributed by atoms with E-state index in [-0.39, 0.29) is 0 Å². The molecule has 6 heteroatoms. The molecule has 0 unspecified atom stereocenters. The Hall–Kier alpha value is -2.05. The van der Waals surface area contributed by atoms with E-state index in [1.165, 1.54) is 0 Å². The van der Waals surface area contributed by atoms with Gasteiger partial charge in [0.25, 0.3) is 0 Å². The molecule has 0 radical (unpaired) electrons. The number of rotatable bonds is 10. The lowest BCUT2D eigenvalue weighted by Crippen LogP contribution is -2.26. The first-order valence-electron chi connectivity index (χ1n) is 8.42. The molecule has 5 nitrogen and oxygen atoms in total. The van der Waals surface area contributed by atoms with Crippen molar-refractivity contribution in [3.8, 4) is 11.5 Å². The van der Waals surface area contributed by atoms with Crippen LogP contribution in [0.1, 0.15) is 24.3 Å². The average molecular weight is 362 g/mol. The summed E-state index contributed by atoms with van der Waals surface area (Å²) in [6, 6.07) is 9.81. The average Bonchev–Trinajstić information content (AvgIpc) is 3.18. The minimum atomic E-state index is 0.559. The van der Waals surface area contributed by atoms with Crippen molar-refractivity contribution < 1.29 is 14.3 Å². The first-order valence-corrected chi connectivity index (χ1v) is 9.30. The molecule has 0 saturated heterocycles. The van der Waals surface area contributed by atoms with E-state index in [1.807, 2.05) is 35.7 Å². The molecule has 1 aromatic heterocycles. The van der Waals surface area contributed by atoms with Crippen LogP contribution in [0.3, 0.4) is 0 Å². The van der Waals surface area contributed by atoms with Crippen molar-refractivity contribution in [2.24, 2.45) is 5.16 Å². The molecule has 25 heavy (non-hydrogen) atoms. The third-order valence-electron chi connectivity index (χ3n) is 3.96. The van der Waals surface area contributed by atoms with Crippen molar-refractivity contribution in [3.63, 3.8) is 0 Å². The van der Waals surface area contributed by atoms with Gasteiger partial charge in [-0.15, -0.1) is 11.3 Å². The summed E-state index contributed by atoms with van der Waals surface area (Å²) in [5.74, 6) is 1.37. The fourth-order valence-electron chi connectivity index (χ4n) is 2.46. The molecular formula is C19H26N2O3S. The van der Waals surface area contributed by atoms with Gasteiger partial charge >= 0.3 is 0 Å². The number of likely N-dealkylation sites (N-methyl/N-ethyl adjacent to an activating group) is 1. The molecule has 0 aliphatic rings. The van der Waals surface area contributed by atoms with Crippen molar-refractivity contribution in [2.75, 3.05) is 40.5 Å². The number of nitrogens with zero attached hydrogens (tertiary/aromatic N) is 2. The van der Waals surface area contributed by atoms with E-state index in [1.54, 1.807) is 25.6 Å². The first-order chi connectivity index (χ1) is 12.2. The predicted octanol–water partition coefficient (Wildman–Crippen LogP) is 3.88. The first kappa shape index (κ1) is 19.3. The van der Waals surface area contributed by atoms with E-state index in [0.29, 0.717) is 18.1 Å². The predicted molar refractivity (Wildman–Crippen MR) is 103 cm³/mol. The van der Waals surface area contributed by atoms with E-state index in [2.05, 4.69) is 23.9 Å². The standard InChI is InChI=1S/C19H26N2O3S/c1-5-21(6-2)11-12-24-20-19(18-8-7-13-25-18)15-9-10-16(22-3)17(14-15)23-4/h7-10,13-14H,5-6,11-12H2,1-4H3. The maximum atomic E-state index is 5.62. The Morgan fingerprint density at radius 1 is 1.08 bits per heavy atom. The lowest BCUT2D eigenvalue weighted by Gasteiger charge is -2.16. The number of benzene rings is 1. The quantitative estimate of drug-likeness (QED) is 0.365. The largest absolute Gasteiger partial charge is 0.493 e. The van der Waals surface area contributed by atoms with E-state index in [4.69, 9.17) is 14.3 Å². The third kappa shape index (κ3) is 5.21. The Balaban J connectivity index is 2.21. The number of ether oxygens (including phenoxy) is 2. The maximum Gasteiger partial charge on any atom is 0.161 e. The second kappa shape index (κ2) is 10.1. The number of methoxy groups -OCH3 is 2. The highest BCUT2D eigenvalue weighted by atomic mass is 32.1. The Morgan fingerprint density at radius 2 is 1.84 bits per heavy atom. The van der Waals surface area contributed by atoms with Gasteiger partial charge in [-0.25, -0.2) is 0 Å². The van der Waals surface area contributed by atoms with Crippen molar-refractivity contribution in [2.45, 2.75) is 13.8 Å². The van der Waals surface area contributed by atoms with Crippen molar-refractivity contribution in [3.05, 3.63) is 46.2 Å². The molecule has 0 bridgehead atoms. The summed E-state index contributed by atoms with van der Waals surface area (Å²) in [7, 11) is 3.26. The Bertz CT molecular complexity index is 667. The normalized spacial score (nSPS) is 11.6. The molecule has 0 saturated carbocycles. The third-order valence-corrected chi connectivity index (χ3v) is 4.84. The second-order valence-corrected chi connectivity index (χ2v) is 6.29. The van der Waals surface area contributed by atoms with Gasteiger partial charge in [-0.05, 0) is 42.7 Å². The molecule has 0 spiro atoms. The van der Waals surface area contributed by atoms with Gasteiger partial charge in [-0.3, -0.25) is 0 Å². The minimum Gasteiger partial charge on any atom is -0.493 e. The molecular weight excluding hydrogens is 336 g/mol. The van der Waals surface area contributed by atoms with Gasteiger partial charge in [0.15, 0.2) is 11.5 Å². The number of hydrogen-bond acceptors (Lipinski definition) is 6. The molecule has 2 rings (SSSR count). The summed E-state index contributed by atoms with van der Waals surface area (Å²) in [5.41, 5.74) is 1.73. The zero-order valence-corrected chi connectivity index (χ0v) is 16.1. The highest BCUT2D eigenvalue weighted by Gasteiger charge is 2.13. The number of thiophene rings is 1. The maximum absolute atomic E-state index is 5.62. The molecule has 136 valence electrons. The van der Waals surface area contributed by atoms with Crippen molar-refractivity contribution in [1.82, 2.24) is 4.90 Å².